The number of sulfonamides is 1. The number of nitrogens with one attached hydrogen (secondary N) is 2. The van der Waals surface area contributed by atoms with Gasteiger partial charge in [0.05, 0.1) is 19.3 Å². The van der Waals surface area contributed by atoms with E-state index < -0.39 is 52.0 Å². The smallest absolute Gasteiger partial charge is 0.250 e. The van der Waals surface area contributed by atoms with Crippen molar-refractivity contribution < 1.29 is 33.2 Å². The molecule has 206 valence electrons. The molecule has 0 aromatic heterocycles. The third kappa shape index (κ3) is 6.88. The summed E-state index contributed by atoms with van der Waals surface area (Å²) in [6.45, 7) is 6.22. The standard InChI is InChI=1S/C26H34N4O7S/c1-17-24(31)25(32)23(37-26(17)33)16-29-38(34,35)22(15-27)13-18-2-3-20-14-21(5-4-19(20)12-18)28-6-7-30-8-10-36-11-9-30/h2-5,12-14,17,23-26,28-29,31-33H,6-11,16H2,1H3/b22-13+/t17-,23-,24-,25-,26?/m1/s1. The van der Waals surface area contributed by atoms with Gasteiger partial charge in [0, 0.05) is 44.3 Å². The Morgan fingerprint density at radius 3 is 2.58 bits per heavy atom. The first-order valence-corrected chi connectivity index (χ1v) is 14.0. The SMILES string of the molecule is C[C@H]1C(O)O[C@H](CNS(=O)(=O)/C(C#N)=C/c2ccc3cc(NCCN4CCOCC4)ccc3c2)[C@@H](O)[C@@H]1O. The number of ether oxygens (including phenoxy) is 2. The summed E-state index contributed by atoms with van der Waals surface area (Å²) < 4.78 is 38.4. The fourth-order valence-electron chi connectivity index (χ4n) is 4.49. The minimum absolute atomic E-state index is 0.428. The van der Waals surface area contributed by atoms with Crippen LogP contribution in [-0.2, 0) is 19.5 Å². The number of fused-ring (bicyclic) bond motifs is 1. The van der Waals surface area contributed by atoms with E-state index in [0.717, 1.165) is 55.9 Å². The van der Waals surface area contributed by atoms with Crippen LogP contribution in [0, 0.1) is 17.2 Å². The van der Waals surface area contributed by atoms with Gasteiger partial charge >= 0.3 is 0 Å². The van der Waals surface area contributed by atoms with Gasteiger partial charge in [-0.05, 0) is 40.6 Å². The van der Waals surface area contributed by atoms with Gasteiger partial charge in [-0.25, -0.2) is 13.1 Å². The van der Waals surface area contributed by atoms with Crippen LogP contribution in [0.2, 0.25) is 0 Å². The van der Waals surface area contributed by atoms with Crippen LogP contribution in [0.1, 0.15) is 12.5 Å². The van der Waals surface area contributed by atoms with Gasteiger partial charge < -0.3 is 30.1 Å². The zero-order valence-corrected chi connectivity index (χ0v) is 22.0. The minimum atomic E-state index is -4.25. The molecule has 2 aromatic carbocycles. The molecule has 0 bridgehead atoms. The van der Waals surface area contributed by atoms with Crippen molar-refractivity contribution >= 4 is 32.6 Å². The molecular weight excluding hydrogens is 512 g/mol. The van der Waals surface area contributed by atoms with Crippen molar-refractivity contribution in [2.24, 2.45) is 5.92 Å². The maximum atomic E-state index is 12.8. The van der Waals surface area contributed by atoms with Gasteiger partial charge in [-0.2, -0.15) is 5.26 Å². The number of benzene rings is 2. The molecule has 2 aliphatic rings. The molecule has 1 unspecified atom stereocenters. The maximum absolute atomic E-state index is 12.8. The number of aliphatic hydroxyl groups is 3. The molecule has 2 heterocycles. The van der Waals surface area contributed by atoms with Crippen molar-refractivity contribution in [3.63, 3.8) is 0 Å². The van der Waals surface area contributed by atoms with E-state index in [1.54, 1.807) is 18.2 Å². The van der Waals surface area contributed by atoms with E-state index in [1.807, 2.05) is 24.3 Å². The third-order valence-electron chi connectivity index (χ3n) is 6.93. The van der Waals surface area contributed by atoms with Crippen LogP contribution < -0.4 is 10.0 Å². The van der Waals surface area contributed by atoms with Crippen LogP contribution in [0.3, 0.4) is 0 Å². The van der Waals surface area contributed by atoms with E-state index >= 15 is 0 Å². The highest BCUT2D eigenvalue weighted by Gasteiger charge is 2.41. The number of rotatable bonds is 9. The molecule has 11 nitrogen and oxygen atoms in total. The van der Waals surface area contributed by atoms with Gasteiger partial charge in [-0.3, -0.25) is 4.90 Å². The number of morpholine rings is 1. The second-order valence-corrected chi connectivity index (χ2v) is 11.3. The van der Waals surface area contributed by atoms with E-state index in [1.165, 1.54) is 13.0 Å². The molecule has 2 aliphatic heterocycles. The molecule has 2 aromatic rings. The Labute approximate surface area is 222 Å². The molecule has 5 N–H and O–H groups in total. The van der Waals surface area contributed by atoms with Crippen LogP contribution in [0.4, 0.5) is 5.69 Å². The second kappa shape index (κ2) is 12.5. The lowest BCUT2D eigenvalue weighted by Crippen LogP contribution is -2.56. The predicted octanol–water partition coefficient (Wildman–Crippen LogP) is 0.443. The second-order valence-electron chi connectivity index (χ2n) is 9.58. The maximum Gasteiger partial charge on any atom is 0.250 e. The Morgan fingerprint density at radius 2 is 1.84 bits per heavy atom. The lowest BCUT2D eigenvalue weighted by Gasteiger charge is -2.39. The number of hydrogen-bond acceptors (Lipinski definition) is 10. The van der Waals surface area contributed by atoms with E-state index in [9.17, 15) is 29.0 Å². The van der Waals surface area contributed by atoms with Crippen LogP contribution >= 0.6 is 0 Å². The summed E-state index contributed by atoms with van der Waals surface area (Å²) in [5, 5.41) is 44.9. The van der Waals surface area contributed by atoms with Crippen molar-refractivity contribution in [3.8, 4) is 6.07 Å². The summed E-state index contributed by atoms with van der Waals surface area (Å²) in [5.41, 5.74) is 1.51. The summed E-state index contributed by atoms with van der Waals surface area (Å²) in [6, 6.07) is 13.0. The zero-order valence-electron chi connectivity index (χ0n) is 21.2. The third-order valence-corrected chi connectivity index (χ3v) is 8.27. The van der Waals surface area contributed by atoms with E-state index in [4.69, 9.17) is 9.47 Å². The van der Waals surface area contributed by atoms with Gasteiger partial charge in [0.25, 0.3) is 10.0 Å². The van der Waals surface area contributed by atoms with Gasteiger partial charge in [0.15, 0.2) is 11.2 Å². The normalized spacial score (nSPS) is 27.2. The van der Waals surface area contributed by atoms with Crippen molar-refractivity contribution in [3.05, 3.63) is 46.9 Å². The Morgan fingerprint density at radius 1 is 1.13 bits per heavy atom. The number of nitriles is 1. The summed E-state index contributed by atoms with van der Waals surface area (Å²) in [4.78, 5) is 1.83. The first-order valence-electron chi connectivity index (χ1n) is 12.6. The number of nitrogens with zero attached hydrogens (tertiary/aromatic N) is 2. The molecule has 0 amide bonds. The average molecular weight is 547 g/mol. The summed E-state index contributed by atoms with van der Waals surface area (Å²) in [5.74, 6) is -0.734. The lowest BCUT2D eigenvalue weighted by atomic mass is 9.92. The summed E-state index contributed by atoms with van der Waals surface area (Å²) in [7, 11) is -4.25. The predicted molar refractivity (Wildman–Crippen MR) is 142 cm³/mol. The van der Waals surface area contributed by atoms with Gasteiger partial charge in [0.2, 0.25) is 0 Å². The van der Waals surface area contributed by atoms with E-state index in [0.29, 0.717) is 5.56 Å². The molecule has 2 saturated heterocycles. The first kappa shape index (κ1) is 28.4. The van der Waals surface area contributed by atoms with Gasteiger partial charge in [-0.1, -0.05) is 25.1 Å². The molecule has 0 aliphatic carbocycles. The fraction of sp³-hybridized carbons (Fsp3) is 0.500. The van der Waals surface area contributed by atoms with Gasteiger partial charge in [0.1, 0.15) is 18.3 Å². The van der Waals surface area contributed by atoms with E-state index in [2.05, 4.69) is 14.9 Å². The molecule has 0 spiro atoms. The molecule has 4 rings (SSSR count). The number of hydrogen-bond donors (Lipinski definition) is 5. The topological polar surface area (TPSA) is 164 Å². The Bertz CT molecular complexity index is 1290. The fourth-order valence-corrected chi connectivity index (χ4v) is 5.44. The summed E-state index contributed by atoms with van der Waals surface area (Å²) in [6.07, 6.45) is -3.95. The van der Waals surface area contributed by atoms with Crippen molar-refractivity contribution in [2.75, 3.05) is 51.3 Å². The van der Waals surface area contributed by atoms with Gasteiger partial charge in [-0.15, -0.1) is 0 Å². The Hall–Kier alpha value is -2.60. The van der Waals surface area contributed by atoms with Crippen LogP contribution in [-0.4, -0.2) is 99.2 Å². The highest BCUT2D eigenvalue weighted by molar-refractivity contribution is 7.93. The van der Waals surface area contributed by atoms with Crippen LogP contribution in [0.15, 0.2) is 41.3 Å². The zero-order chi connectivity index (χ0) is 27.3. The molecule has 2 fully saturated rings. The Kier molecular flexibility index (Phi) is 9.35. The monoisotopic (exact) mass is 546 g/mol. The molecule has 0 radical (unpaired) electrons. The average Bonchev–Trinajstić information content (AvgIpc) is 2.92. The van der Waals surface area contributed by atoms with Crippen LogP contribution in [0.25, 0.3) is 16.8 Å². The van der Waals surface area contributed by atoms with Crippen molar-refractivity contribution in [1.82, 2.24) is 9.62 Å². The molecular formula is C26H34N4O7S. The van der Waals surface area contributed by atoms with Crippen molar-refractivity contribution in [1.29, 1.82) is 5.26 Å². The molecule has 38 heavy (non-hydrogen) atoms. The first-order chi connectivity index (χ1) is 18.2. The molecule has 5 atom stereocenters. The largest absolute Gasteiger partial charge is 0.390 e. The highest BCUT2D eigenvalue weighted by Crippen LogP contribution is 2.25. The summed E-state index contributed by atoms with van der Waals surface area (Å²) >= 11 is 0. The number of aliphatic hydroxyl groups excluding tert-OH is 3. The Balaban J connectivity index is 1.40. The quantitative estimate of drug-likeness (QED) is 0.279. The van der Waals surface area contributed by atoms with Crippen molar-refractivity contribution in [2.45, 2.75) is 31.5 Å². The highest BCUT2D eigenvalue weighted by atomic mass is 32.2. The molecule has 12 heteroatoms. The lowest BCUT2D eigenvalue weighted by molar-refractivity contribution is -0.257. The van der Waals surface area contributed by atoms with E-state index in [-0.39, 0.29) is 0 Å². The molecule has 0 saturated carbocycles. The minimum Gasteiger partial charge on any atom is -0.390 e. The van der Waals surface area contributed by atoms with Crippen LogP contribution in [0.5, 0.6) is 0 Å². The number of anilines is 1. The number of allylic oxidation sites excluding steroid dienone is 1.